The van der Waals surface area contributed by atoms with E-state index in [0.717, 1.165) is 11.1 Å². The minimum Gasteiger partial charge on any atom is -0.488 e. The Hall–Kier alpha value is -1.88. The third-order valence-corrected chi connectivity index (χ3v) is 3.37. The van der Waals surface area contributed by atoms with E-state index in [1.54, 1.807) is 0 Å². The Morgan fingerprint density at radius 2 is 1.71 bits per heavy atom. The second-order valence-electron chi connectivity index (χ2n) is 4.87. The summed E-state index contributed by atoms with van der Waals surface area (Å²) in [6, 6.07) is 17.0. The van der Waals surface area contributed by atoms with Crippen LogP contribution in [0.4, 0.5) is 0 Å². The van der Waals surface area contributed by atoms with Crippen molar-refractivity contribution in [2.45, 2.75) is 12.4 Å². The highest BCUT2D eigenvalue weighted by Gasteiger charge is 2.17. The number of hydrogen-bond acceptors (Lipinski definition) is 4. The lowest BCUT2D eigenvalue weighted by Gasteiger charge is -2.14. The first-order valence-electron chi connectivity index (χ1n) is 7.02. The Kier molecular flexibility index (Phi) is 4.50. The summed E-state index contributed by atoms with van der Waals surface area (Å²) in [7, 11) is 0. The van der Waals surface area contributed by atoms with Gasteiger partial charge < -0.3 is 19.3 Å². The molecule has 3 rings (SSSR count). The number of aliphatic hydroxyl groups is 1. The van der Waals surface area contributed by atoms with Gasteiger partial charge in [-0.2, -0.15) is 0 Å². The smallest absolute Gasteiger partial charge is 0.191 e. The predicted molar refractivity (Wildman–Crippen MR) is 78.1 cm³/mol. The van der Waals surface area contributed by atoms with Crippen LogP contribution in [0.5, 0.6) is 5.75 Å². The van der Waals surface area contributed by atoms with Crippen molar-refractivity contribution < 1.29 is 19.3 Å². The van der Waals surface area contributed by atoms with Gasteiger partial charge in [-0.25, -0.2) is 0 Å². The molecule has 0 spiro atoms. The molecule has 0 aliphatic carbocycles. The average molecular weight is 286 g/mol. The van der Waals surface area contributed by atoms with E-state index in [1.807, 2.05) is 54.6 Å². The summed E-state index contributed by atoms with van der Waals surface area (Å²) in [5, 5.41) is 10.4. The molecule has 21 heavy (non-hydrogen) atoms. The zero-order valence-electron chi connectivity index (χ0n) is 11.6. The topological polar surface area (TPSA) is 47.9 Å². The molecule has 1 aliphatic heterocycles. The molecule has 0 amide bonds. The van der Waals surface area contributed by atoms with Crippen molar-refractivity contribution in [3.05, 3.63) is 65.7 Å². The molecule has 0 aromatic heterocycles. The normalized spacial score (nSPS) is 16.8. The van der Waals surface area contributed by atoms with Crippen LogP contribution in [-0.4, -0.2) is 31.2 Å². The van der Waals surface area contributed by atoms with Crippen LogP contribution >= 0.6 is 0 Å². The Bertz CT molecular complexity index is 564. The van der Waals surface area contributed by atoms with Crippen LogP contribution in [0.2, 0.25) is 0 Å². The van der Waals surface area contributed by atoms with Crippen molar-refractivity contribution in [3.8, 4) is 5.75 Å². The molecular weight excluding hydrogens is 268 g/mol. The van der Waals surface area contributed by atoms with E-state index < -0.39 is 6.10 Å². The first kappa shape index (κ1) is 14.1. The second-order valence-corrected chi connectivity index (χ2v) is 4.87. The highest BCUT2D eigenvalue weighted by molar-refractivity contribution is 5.35. The van der Waals surface area contributed by atoms with Gasteiger partial charge in [-0.15, -0.1) is 0 Å². The highest BCUT2D eigenvalue weighted by atomic mass is 16.7. The van der Waals surface area contributed by atoms with Gasteiger partial charge in [0.25, 0.3) is 0 Å². The first-order valence-corrected chi connectivity index (χ1v) is 7.02. The number of benzene rings is 2. The third kappa shape index (κ3) is 3.61. The van der Waals surface area contributed by atoms with Gasteiger partial charge >= 0.3 is 0 Å². The molecule has 2 aromatic carbocycles. The van der Waals surface area contributed by atoms with Crippen LogP contribution in [0.15, 0.2) is 54.6 Å². The lowest BCUT2D eigenvalue weighted by molar-refractivity contribution is -0.0684. The maximum Gasteiger partial charge on any atom is 0.191 e. The molecule has 1 N–H and O–H groups in total. The molecular formula is C17H18O4. The van der Waals surface area contributed by atoms with Gasteiger partial charge in [0.1, 0.15) is 18.5 Å². The zero-order chi connectivity index (χ0) is 14.5. The standard InChI is InChI=1S/C17H18O4/c18-17(13-5-2-1-3-6-13)14-7-4-8-15(11-14)21-12-16-19-9-10-20-16/h1-8,11,16-18H,9-10,12H2. The van der Waals surface area contributed by atoms with Gasteiger partial charge in [-0.1, -0.05) is 42.5 Å². The summed E-state index contributed by atoms with van der Waals surface area (Å²) in [6.07, 6.45) is -0.957. The van der Waals surface area contributed by atoms with Gasteiger partial charge in [-0.3, -0.25) is 0 Å². The molecule has 110 valence electrons. The number of hydrogen-bond donors (Lipinski definition) is 1. The molecule has 1 aliphatic rings. The molecule has 1 atom stereocenters. The van der Waals surface area contributed by atoms with Gasteiger partial charge in [0.2, 0.25) is 0 Å². The Labute approximate surface area is 123 Å². The van der Waals surface area contributed by atoms with E-state index in [0.29, 0.717) is 25.6 Å². The van der Waals surface area contributed by atoms with Crippen molar-refractivity contribution in [2.24, 2.45) is 0 Å². The van der Waals surface area contributed by atoms with Crippen molar-refractivity contribution in [3.63, 3.8) is 0 Å². The van der Waals surface area contributed by atoms with Crippen LogP contribution in [0.25, 0.3) is 0 Å². The summed E-state index contributed by atoms with van der Waals surface area (Å²) < 4.78 is 16.3. The van der Waals surface area contributed by atoms with Gasteiger partial charge in [0.05, 0.1) is 13.2 Å². The predicted octanol–water partition coefficient (Wildman–Crippen LogP) is 2.52. The van der Waals surface area contributed by atoms with Crippen molar-refractivity contribution in [2.75, 3.05) is 19.8 Å². The summed E-state index contributed by atoms with van der Waals surface area (Å²) in [5.74, 6) is 0.696. The summed E-state index contributed by atoms with van der Waals surface area (Å²) in [6.45, 7) is 1.58. The molecule has 1 heterocycles. The van der Waals surface area contributed by atoms with Crippen LogP contribution in [-0.2, 0) is 9.47 Å². The molecule has 0 bridgehead atoms. The summed E-state index contributed by atoms with van der Waals surface area (Å²) >= 11 is 0. The number of aliphatic hydroxyl groups excluding tert-OH is 1. The van der Waals surface area contributed by atoms with E-state index in [1.165, 1.54) is 0 Å². The number of rotatable bonds is 5. The molecule has 0 radical (unpaired) electrons. The van der Waals surface area contributed by atoms with E-state index in [9.17, 15) is 5.11 Å². The van der Waals surface area contributed by atoms with Gasteiger partial charge in [-0.05, 0) is 23.3 Å². The van der Waals surface area contributed by atoms with E-state index in [-0.39, 0.29) is 6.29 Å². The van der Waals surface area contributed by atoms with Crippen LogP contribution in [0.1, 0.15) is 17.2 Å². The third-order valence-electron chi connectivity index (χ3n) is 3.37. The molecule has 1 fully saturated rings. The molecule has 4 nitrogen and oxygen atoms in total. The molecule has 0 saturated carbocycles. The van der Waals surface area contributed by atoms with Crippen LogP contribution in [0.3, 0.4) is 0 Å². The van der Waals surface area contributed by atoms with Crippen molar-refractivity contribution in [1.82, 2.24) is 0 Å². The average Bonchev–Trinajstić information content (AvgIpc) is 3.07. The molecule has 1 saturated heterocycles. The Morgan fingerprint density at radius 3 is 2.48 bits per heavy atom. The summed E-state index contributed by atoms with van der Waals surface area (Å²) in [4.78, 5) is 0. The van der Waals surface area contributed by atoms with Crippen LogP contribution < -0.4 is 4.74 Å². The lowest BCUT2D eigenvalue weighted by Crippen LogP contribution is -2.18. The minimum absolute atomic E-state index is 0.298. The quantitative estimate of drug-likeness (QED) is 0.917. The summed E-state index contributed by atoms with van der Waals surface area (Å²) in [5.41, 5.74) is 1.66. The molecule has 2 aromatic rings. The first-order chi connectivity index (χ1) is 10.3. The Morgan fingerprint density at radius 1 is 1.00 bits per heavy atom. The fourth-order valence-corrected chi connectivity index (χ4v) is 2.27. The lowest BCUT2D eigenvalue weighted by atomic mass is 10.0. The van der Waals surface area contributed by atoms with Crippen LogP contribution in [0, 0.1) is 0 Å². The second kappa shape index (κ2) is 6.72. The SMILES string of the molecule is OC(c1ccccc1)c1cccc(OCC2OCCO2)c1. The fraction of sp³-hybridized carbons (Fsp3) is 0.294. The highest BCUT2D eigenvalue weighted by Crippen LogP contribution is 2.25. The van der Waals surface area contributed by atoms with E-state index in [2.05, 4.69) is 0 Å². The maximum absolute atomic E-state index is 10.4. The van der Waals surface area contributed by atoms with Crippen molar-refractivity contribution in [1.29, 1.82) is 0 Å². The fourth-order valence-electron chi connectivity index (χ4n) is 2.27. The Balaban J connectivity index is 1.67. The van der Waals surface area contributed by atoms with E-state index in [4.69, 9.17) is 14.2 Å². The molecule has 4 heteroatoms. The largest absolute Gasteiger partial charge is 0.488 e. The zero-order valence-corrected chi connectivity index (χ0v) is 11.6. The van der Waals surface area contributed by atoms with E-state index >= 15 is 0 Å². The minimum atomic E-state index is -0.659. The van der Waals surface area contributed by atoms with Gasteiger partial charge in [0.15, 0.2) is 6.29 Å². The molecule has 1 unspecified atom stereocenters. The van der Waals surface area contributed by atoms with Gasteiger partial charge in [0, 0.05) is 0 Å². The number of ether oxygens (including phenoxy) is 3. The van der Waals surface area contributed by atoms with Crippen molar-refractivity contribution >= 4 is 0 Å². The maximum atomic E-state index is 10.4. The monoisotopic (exact) mass is 286 g/mol.